The van der Waals surface area contributed by atoms with Gasteiger partial charge < -0.3 is 10.2 Å². The maximum atomic E-state index is 14.3. The summed E-state index contributed by atoms with van der Waals surface area (Å²) in [4.78, 5) is 0. The van der Waals surface area contributed by atoms with Crippen molar-refractivity contribution >= 4 is 0 Å². The normalized spacial score (nSPS) is 49.8. The fraction of sp³-hybridized carbons (Fsp3) is 0.810. The lowest BCUT2D eigenvalue weighted by Gasteiger charge is -2.57. The summed E-state index contributed by atoms with van der Waals surface area (Å²) >= 11 is 0. The molecule has 0 bridgehead atoms. The summed E-state index contributed by atoms with van der Waals surface area (Å²) in [5.41, 5.74) is 2.59. The first-order chi connectivity index (χ1) is 11.4. The second kappa shape index (κ2) is 5.67. The summed E-state index contributed by atoms with van der Waals surface area (Å²) in [5.74, 6) is 1.60. The number of fused-ring (bicyclic) bond motifs is 5. The van der Waals surface area contributed by atoms with Crippen LogP contribution >= 0.6 is 0 Å². The summed E-state index contributed by atoms with van der Waals surface area (Å²) < 4.78 is 14.3. The van der Waals surface area contributed by atoms with Crippen LogP contribution < -0.4 is 0 Å². The molecule has 2 nitrogen and oxygen atoms in total. The van der Waals surface area contributed by atoms with Crippen molar-refractivity contribution in [1.82, 2.24) is 0 Å². The van der Waals surface area contributed by atoms with Crippen LogP contribution in [0.2, 0.25) is 0 Å². The first-order valence-electron chi connectivity index (χ1n) is 9.76. The van der Waals surface area contributed by atoms with Crippen LogP contribution in [0.15, 0.2) is 23.0 Å². The molecule has 2 N–H and O–H groups in total. The van der Waals surface area contributed by atoms with E-state index in [4.69, 9.17) is 0 Å². The lowest BCUT2D eigenvalue weighted by Crippen LogP contribution is -2.49. The Bertz CT molecular complexity index is 595. The Balaban J connectivity index is 1.68. The Hall–Kier alpha value is -0.670. The predicted octanol–water partition coefficient (Wildman–Crippen LogP) is 4.53. The zero-order valence-corrected chi connectivity index (χ0v) is 15.0. The van der Waals surface area contributed by atoms with Crippen LogP contribution in [0.3, 0.4) is 0 Å². The number of rotatable bonds is 1. The van der Waals surface area contributed by atoms with Gasteiger partial charge in [0.25, 0.3) is 0 Å². The van der Waals surface area contributed by atoms with Crippen LogP contribution in [0.4, 0.5) is 4.39 Å². The van der Waals surface area contributed by atoms with Crippen molar-refractivity contribution in [3.8, 4) is 0 Å². The van der Waals surface area contributed by atoms with E-state index in [-0.39, 0.29) is 22.8 Å². The van der Waals surface area contributed by atoms with Gasteiger partial charge in [0.05, 0.1) is 12.7 Å². The zero-order valence-electron chi connectivity index (χ0n) is 15.0. The van der Waals surface area contributed by atoms with E-state index in [1.807, 2.05) is 0 Å². The molecule has 0 amide bonds. The number of aliphatic hydroxyl groups excluding tert-OH is 2. The van der Waals surface area contributed by atoms with Gasteiger partial charge in [0.15, 0.2) is 0 Å². The van der Waals surface area contributed by atoms with Gasteiger partial charge in [-0.05, 0) is 85.5 Å². The number of hydrogen-bond acceptors (Lipinski definition) is 2. The lowest BCUT2D eigenvalue weighted by molar-refractivity contribution is -0.0274. The van der Waals surface area contributed by atoms with E-state index in [1.54, 1.807) is 0 Å². The quantitative estimate of drug-likeness (QED) is 0.692. The molecule has 3 fully saturated rings. The van der Waals surface area contributed by atoms with Crippen molar-refractivity contribution < 1.29 is 14.6 Å². The van der Waals surface area contributed by atoms with Gasteiger partial charge in [0.1, 0.15) is 5.83 Å². The zero-order chi connectivity index (χ0) is 17.1. The number of halogens is 1. The van der Waals surface area contributed by atoms with Crippen LogP contribution in [0, 0.1) is 28.6 Å². The van der Waals surface area contributed by atoms with E-state index >= 15 is 0 Å². The summed E-state index contributed by atoms with van der Waals surface area (Å²) in [6.45, 7) is 4.23. The highest BCUT2D eigenvalue weighted by molar-refractivity contribution is 5.30. The largest absolute Gasteiger partial charge is 0.393 e. The minimum atomic E-state index is -0.439. The summed E-state index contributed by atoms with van der Waals surface area (Å²) in [5, 5.41) is 19.3. The Morgan fingerprint density at radius 3 is 2.62 bits per heavy atom. The van der Waals surface area contributed by atoms with Gasteiger partial charge in [-0.2, -0.15) is 0 Å². The van der Waals surface area contributed by atoms with Gasteiger partial charge in [-0.25, -0.2) is 4.39 Å². The summed E-state index contributed by atoms with van der Waals surface area (Å²) in [6.07, 6.45) is 10.3. The average Bonchev–Trinajstić information content (AvgIpc) is 2.92. The molecule has 6 atom stereocenters. The van der Waals surface area contributed by atoms with Crippen LogP contribution in [0.5, 0.6) is 0 Å². The predicted molar refractivity (Wildman–Crippen MR) is 92.9 cm³/mol. The minimum absolute atomic E-state index is 0.0517. The van der Waals surface area contributed by atoms with Gasteiger partial charge >= 0.3 is 0 Å². The van der Waals surface area contributed by atoms with Gasteiger partial charge in [-0.1, -0.05) is 25.5 Å². The summed E-state index contributed by atoms with van der Waals surface area (Å²) in [6, 6.07) is 0. The van der Waals surface area contributed by atoms with Crippen molar-refractivity contribution in [3.05, 3.63) is 23.0 Å². The number of allylic oxidation sites excluding steroid dienone is 2. The van der Waals surface area contributed by atoms with Crippen LogP contribution in [0.1, 0.15) is 65.2 Å². The second-order valence-electron chi connectivity index (χ2n) is 9.19. The van der Waals surface area contributed by atoms with Crippen molar-refractivity contribution in [2.45, 2.75) is 71.3 Å². The molecular formula is C21H31FO2. The number of aliphatic hydroxyl groups is 2. The molecule has 3 heteroatoms. The highest BCUT2D eigenvalue weighted by Gasteiger charge is 2.57. The molecule has 0 unspecified atom stereocenters. The first kappa shape index (κ1) is 16.8. The highest BCUT2D eigenvalue weighted by atomic mass is 19.1. The second-order valence-corrected chi connectivity index (χ2v) is 9.19. The fourth-order valence-electron chi connectivity index (χ4n) is 7.00. The Morgan fingerprint density at radius 1 is 1.17 bits per heavy atom. The third kappa shape index (κ3) is 2.20. The fourth-order valence-corrected chi connectivity index (χ4v) is 7.00. The van der Waals surface area contributed by atoms with Crippen molar-refractivity contribution in [2.75, 3.05) is 6.61 Å². The van der Waals surface area contributed by atoms with E-state index in [0.717, 1.165) is 56.9 Å². The smallest absolute Gasteiger partial charge is 0.125 e. The van der Waals surface area contributed by atoms with Gasteiger partial charge in [-0.15, -0.1) is 0 Å². The van der Waals surface area contributed by atoms with Crippen LogP contribution in [0.25, 0.3) is 0 Å². The molecule has 0 aromatic heterocycles. The van der Waals surface area contributed by atoms with E-state index in [2.05, 4.69) is 19.9 Å². The SMILES string of the molecule is C[C@]12CC[C@H](O)CC1=CC[C@@H]1[C@@H]2CC[C@]2(C)C(=C(F)CO)CC[C@@H]12. The molecule has 0 aliphatic heterocycles. The third-order valence-corrected chi connectivity index (χ3v) is 8.33. The topological polar surface area (TPSA) is 40.5 Å². The van der Waals surface area contributed by atoms with Crippen LogP contribution in [-0.4, -0.2) is 22.9 Å². The molecule has 4 rings (SSSR count). The molecule has 0 saturated heterocycles. The van der Waals surface area contributed by atoms with E-state index in [9.17, 15) is 14.6 Å². The van der Waals surface area contributed by atoms with Crippen molar-refractivity contribution in [2.24, 2.45) is 28.6 Å². The standard InChI is InChI=1S/C21H31FO2/c1-20-9-7-14(24)11-13(20)3-4-15-16-5-6-18(19(22)12-23)21(16,2)10-8-17(15)20/h3,14-17,23-24H,4-12H2,1-2H3/t14-,15-,16-,17-,20-,21-/m0/s1. The molecule has 0 heterocycles. The van der Waals surface area contributed by atoms with Gasteiger partial charge in [-0.3, -0.25) is 0 Å². The molecule has 3 saturated carbocycles. The molecule has 4 aliphatic rings. The van der Waals surface area contributed by atoms with Crippen molar-refractivity contribution in [1.29, 1.82) is 0 Å². The Kier molecular flexibility index (Phi) is 3.96. The highest BCUT2D eigenvalue weighted by Crippen LogP contribution is 2.66. The summed E-state index contributed by atoms with van der Waals surface area (Å²) in [7, 11) is 0. The van der Waals surface area contributed by atoms with Gasteiger partial charge in [0.2, 0.25) is 0 Å². The molecule has 24 heavy (non-hydrogen) atoms. The average molecular weight is 334 g/mol. The monoisotopic (exact) mass is 334 g/mol. The molecule has 0 aromatic rings. The molecule has 4 aliphatic carbocycles. The van der Waals surface area contributed by atoms with Crippen LogP contribution in [-0.2, 0) is 0 Å². The third-order valence-electron chi connectivity index (χ3n) is 8.33. The Morgan fingerprint density at radius 2 is 1.88 bits per heavy atom. The first-order valence-corrected chi connectivity index (χ1v) is 9.76. The maximum absolute atomic E-state index is 14.3. The maximum Gasteiger partial charge on any atom is 0.125 e. The van der Waals surface area contributed by atoms with Gasteiger partial charge in [0, 0.05) is 0 Å². The van der Waals surface area contributed by atoms with E-state index < -0.39 is 6.61 Å². The van der Waals surface area contributed by atoms with E-state index in [0.29, 0.717) is 17.8 Å². The molecule has 134 valence electrons. The minimum Gasteiger partial charge on any atom is -0.393 e. The molecule has 0 spiro atoms. The van der Waals surface area contributed by atoms with E-state index in [1.165, 1.54) is 5.57 Å². The lowest BCUT2D eigenvalue weighted by atomic mass is 9.48. The van der Waals surface area contributed by atoms with Crippen molar-refractivity contribution in [3.63, 3.8) is 0 Å². The molecule has 0 aromatic carbocycles. The number of hydrogen-bond donors (Lipinski definition) is 2. The molecule has 0 radical (unpaired) electrons. The Labute approximate surface area is 144 Å². The molecular weight excluding hydrogens is 303 g/mol.